The van der Waals surface area contributed by atoms with Crippen LogP contribution in [-0.4, -0.2) is 29.1 Å². The predicted molar refractivity (Wildman–Crippen MR) is 87.7 cm³/mol. The lowest BCUT2D eigenvalue weighted by molar-refractivity contribution is 0.0909. The number of piperidine rings is 1. The van der Waals surface area contributed by atoms with Crippen molar-refractivity contribution in [1.82, 2.24) is 15.2 Å². The van der Waals surface area contributed by atoms with Crippen molar-refractivity contribution in [2.24, 2.45) is 0 Å². The molecule has 2 heterocycles. The van der Waals surface area contributed by atoms with Gasteiger partial charge in [0.05, 0.1) is 0 Å². The normalized spacial score (nSPS) is 22.4. The quantitative estimate of drug-likeness (QED) is 0.865. The second-order valence-corrected chi connectivity index (χ2v) is 6.43. The van der Waals surface area contributed by atoms with Gasteiger partial charge in [-0.15, -0.1) is 12.4 Å². The van der Waals surface area contributed by atoms with Gasteiger partial charge >= 0.3 is 0 Å². The zero-order valence-corrected chi connectivity index (χ0v) is 14.6. The number of halogens is 2. The van der Waals surface area contributed by atoms with E-state index >= 15 is 0 Å². The Morgan fingerprint density at radius 3 is 2.85 bits per heavy atom. The standard InChI is InChI=1S/C14H22BrN3O.ClH/c1-9(2)18-8-11(15)7-13(18)14(19)17-12-5-4-6-16-10(12)3;/h7-10,12,16H,4-6H2,1-3H3,(H,17,19);1H. The summed E-state index contributed by atoms with van der Waals surface area (Å²) in [5, 5.41) is 6.55. The van der Waals surface area contributed by atoms with E-state index in [4.69, 9.17) is 0 Å². The summed E-state index contributed by atoms with van der Waals surface area (Å²) in [5.74, 6) is 0.0138. The topological polar surface area (TPSA) is 46.1 Å². The molecule has 1 fully saturated rings. The number of carbonyl (C=O) groups is 1. The molecule has 6 heteroatoms. The summed E-state index contributed by atoms with van der Waals surface area (Å²) < 4.78 is 2.95. The lowest BCUT2D eigenvalue weighted by Gasteiger charge is -2.30. The van der Waals surface area contributed by atoms with Gasteiger partial charge in [0.1, 0.15) is 5.69 Å². The first-order valence-electron chi connectivity index (χ1n) is 6.90. The van der Waals surface area contributed by atoms with Crippen LogP contribution in [0.2, 0.25) is 0 Å². The first-order valence-corrected chi connectivity index (χ1v) is 7.70. The van der Waals surface area contributed by atoms with Crippen molar-refractivity contribution in [3.63, 3.8) is 0 Å². The molecule has 2 atom stereocenters. The van der Waals surface area contributed by atoms with Crippen LogP contribution in [0.25, 0.3) is 0 Å². The number of nitrogens with one attached hydrogen (secondary N) is 2. The van der Waals surface area contributed by atoms with Crippen molar-refractivity contribution in [3.05, 3.63) is 22.4 Å². The van der Waals surface area contributed by atoms with E-state index in [1.165, 1.54) is 0 Å². The molecule has 2 N–H and O–H groups in total. The van der Waals surface area contributed by atoms with Gasteiger partial charge in [-0.05, 0) is 62.2 Å². The maximum Gasteiger partial charge on any atom is 0.268 e. The molecule has 114 valence electrons. The third kappa shape index (κ3) is 3.99. The fourth-order valence-electron chi connectivity index (χ4n) is 2.54. The van der Waals surface area contributed by atoms with Gasteiger partial charge < -0.3 is 15.2 Å². The number of hydrogen-bond acceptors (Lipinski definition) is 2. The third-order valence-electron chi connectivity index (χ3n) is 3.68. The Morgan fingerprint density at radius 2 is 2.25 bits per heavy atom. The third-order valence-corrected chi connectivity index (χ3v) is 4.12. The van der Waals surface area contributed by atoms with E-state index in [9.17, 15) is 4.79 Å². The highest BCUT2D eigenvalue weighted by atomic mass is 79.9. The number of hydrogen-bond donors (Lipinski definition) is 2. The molecule has 0 aliphatic carbocycles. The molecule has 0 aromatic carbocycles. The van der Waals surface area contributed by atoms with Gasteiger partial charge in [-0.2, -0.15) is 0 Å². The van der Waals surface area contributed by atoms with E-state index in [0.717, 1.165) is 29.6 Å². The fourth-order valence-corrected chi connectivity index (χ4v) is 2.98. The Kier molecular flexibility index (Phi) is 6.55. The highest BCUT2D eigenvalue weighted by Gasteiger charge is 2.24. The number of carbonyl (C=O) groups excluding carboxylic acids is 1. The van der Waals surface area contributed by atoms with Crippen LogP contribution in [0.5, 0.6) is 0 Å². The second kappa shape index (κ2) is 7.48. The average molecular weight is 365 g/mol. The summed E-state index contributed by atoms with van der Waals surface area (Å²) in [6.45, 7) is 7.32. The molecule has 0 saturated carbocycles. The van der Waals surface area contributed by atoms with Gasteiger partial charge in [-0.25, -0.2) is 0 Å². The van der Waals surface area contributed by atoms with Crippen molar-refractivity contribution in [2.75, 3.05) is 6.54 Å². The van der Waals surface area contributed by atoms with Crippen LogP contribution in [-0.2, 0) is 0 Å². The highest BCUT2D eigenvalue weighted by molar-refractivity contribution is 9.10. The van der Waals surface area contributed by atoms with Crippen LogP contribution >= 0.6 is 28.3 Å². The van der Waals surface area contributed by atoms with Gasteiger partial charge in [-0.1, -0.05) is 0 Å². The van der Waals surface area contributed by atoms with Crippen LogP contribution in [0.4, 0.5) is 0 Å². The molecule has 1 amide bonds. The molecule has 4 nitrogen and oxygen atoms in total. The fraction of sp³-hybridized carbons (Fsp3) is 0.643. The minimum Gasteiger partial charge on any atom is -0.346 e. The summed E-state index contributed by atoms with van der Waals surface area (Å²) in [4.78, 5) is 12.4. The molecule has 1 aromatic rings. The van der Waals surface area contributed by atoms with Crippen molar-refractivity contribution >= 4 is 34.2 Å². The van der Waals surface area contributed by atoms with Gasteiger partial charge in [-0.3, -0.25) is 4.79 Å². The maximum atomic E-state index is 12.4. The molecule has 1 saturated heterocycles. The summed E-state index contributed by atoms with van der Waals surface area (Å²) in [5.41, 5.74) is 0.722. The van der Waals surface area contributed by atoms with E-state index in [2.05, 4.69) is 47.3 Å². The van der Waals surface area contributed by atoms with Gasteiger partial charge in [0.2, 0.25) is 0 Å². The number of rotatable bonds is 3. The number of nitrogens with zero attached hydrogens (tertiary/aromatic N) is 1. The summed E-state index contributed by atoms with van der Waals surface area (Å²) in [6.07, 6.45) is 4.12. The van der Waals surface area contributed by atoms with Crippen molar-refractivity contribution in [1.29, 1.82) is 0 Å². The molecule has 0 spiro atoms. The molecule has 20 heavy (non-hydrogen) atoms. The maximum absolute atomic E-state index is 12.4. The Morgan fingerprint density at radius 1 is 1.55 bits per heavy atom. The van der Waals surface area contributed by atoms with Crippen LogP contribution in [0, 0.1) is 0 Å². The van der Waals surface area contributed by atoms with Crippen LogP contribution < -0.4 is 10.6 Å². The Bertz CT molecular complexity index is 461. The Balaban J connectivity index is 0.00000200. The lowest BCUT2D eigenvalue weighted by Crippen LogP contribution is -2.52. The van der Waals surface area contributed by atoms with E-state index in [1.807, 2.05) is 16.8 Å². The Hall–Kier alpha value is -0.520. The minimum atomic E-state index is 0. The largest absolute Gasteiger partial charge is 0.346 e. The molecular weight excluding hydrogens is 342 g/mol. The van der Waals surface area contributed by atoms with Crippen LogP contribution in [0.15, 0.2) is 16.7 Å². The molecule has 1 aliphatic rings. The SMILES string of the molecule is CC1NCCCC1NC(=O)c1cc(Br)cn1C(C)C.Cl. The molecule has 2 unspecified atom stereocenters. The first kappa shape index (κ1) is 17.5. The van der Waals surface area contributed by atoms with Gasteiger partial charge in [0, 0.05) is 28.8 Å². The van der Waals surface area contributed by atoms with E-state index in [1.54, 1.807) is 0 Å². The lowest BCUT2D eigenvalue weighted by atomic mass is 10.00. The molecule has 0 bridgehead atoms. The number of amides is 1. The molecule has 0 radical (unpaired) electrons. The monoisotopic (exact) mass is 363 g/mol. The summed E-state index contributed by atoms with van der Waals surface area (Å²) in [6, 6.07) is 2.71. The molecule has 1 aromatic heterocycles. The molecule has 1 aliphatic heterocycles. The highest BCUT2D eigenvalue weighted by Crippen LogP contribution is 2.20. The van der Waals surface area contributed by atoms with Crippen molar-refractivity contribution < 1.29 is 4.79 Å². The summed E-state index contributed by atoms with van der Waals surface area (Å²) >= 11 is 3.44. The van der Waals surface area contributed by atoms with Crippen LogP contribution in [0.3, 0.4) is 0 Å². The molecule has 2 rings (SSSR count). The Labute approximate surface area is 135 Å². The van der Waals surface area contributed by atoms with Gasteiger partial charge in [0.15, 0.2) is 0 Å². The van der Waals surface area contributed by atoms with Crippen LogP contribution in [0.1, 0.15) is 50.1 Å². The zero-order valence-electron chi connectivity index (χ0n) is 12.1. The van der Waals surface area contributed by atoms with Crippen molar-refractivity contribution in [2.45, 2.75) is 51.7 Å². The predicted octanol–water partition coefficient (Wildman–Crippen LogP) is 3.12. The van der Waals surface area contributed by atoms with Gasteiger partial charge in [0.25, 0.3) is 5.91 Å². The number of aromatic nitrogens is 1. The van der Waals surface area contributed by atoms with E-state index in [-0.39, 0.29) is 30.4 Å². The average Bonchev–Trinajstić information content (AvgIpc) is 2.74. The summed E-state index contributed by atoms with van der Waals surface area (Å²) in [7, 11) is 0. The zero-order chi connectivity index (χ0) is 14.0. The smallest absolute Gasteiger partial charge is 0.268 e. The van der Waals surface area contributed by atoms with Crippen molar-refractivity contribution in [3.8, 4) is 0 Å². The van der Waals surface area contributed by atoms with E-state index in [0.29, 0.717) is 6.04 Å². The first-order chi connectivity index (χ1) is 8.99. The van der Waals surface area contributed by atoms with E-state index < -0.39 is 0 Å². The molecular formula is C14H23BrClN3O. The minimum absolute atomic E-state index is 0. The second-order valence-electron chi connectivity index (χ2n) is 5.51.